The monoisotopic (exact) mass is 1020 g/mol. The lowest BCUT2D eigenvalue weighted by Gasteiger charge is -2.50. The molecule has 3 fully saturated rings. The van der Waals surface area contributed by atoms with E-state index >= 15 is 0 Å². The van der Waals surface area contributed by atoms with Crippen LogP contribution in [0.5, 0.6) is 0 Å². The van der Waals surface area contributed by atoms with Crippen molar-refractivity contribution in [2.24, 2.45) is 34.0 Å². The molecule has 404 valence electrons. The number of aliphatic hydroxyl groups excluding tert-OH is 2. The lowest BCUT2D eigenvalue weighted by atomic mass is 9.87. The van der Waals surface area contributed by atoms with Crippen LogP contribution in [0.25, 0.3) is 0 Å². The number of hydrogen-bond acceptors (Lipinski definition) is 16. The fourth-order valence-corrected chi connectivity index (χ4v) is 8.68. The third kappa shape index (κ3) is 15.9. The Balaban J connectivity index is 1.36. The van der Waals surface area contributed by atoms with E-state index in [0.29, 0.717) is 0 Å². The molecule has 6 rings (SSSR count). The highest BCUT2D eigenvalue weighted by Crippen LogP contribution is 2.41. The second kappa shape index (κ2) is 25.5. The topological polar surface area (TPSA) is 193 Å². The largest absolute Gasteiger partial charge is 0.456 e. The molecule has 3 aromatic rings. The molecule has 15 atom stereocenters. The van der Waals surface area contributed by atoms with Crippen LogP contribution in [0.15, 0.2) is 91.0 Å². The van der Waals surface area contributed by atoms with Crippen molar-refractivity contribution < 1.29 is 76.7 Å². The number of esters is 3. The average molecular weight is 1020 g/mol. The summed E-state index contributed by atoms with van der Waals surface area (Å²) in [6.45, 7) is 21.5. The van der Waals surface area contributed by atoms with E-state index in [1.54, 1.807) is 76.2 Å². The molecule has 15 unspecified atom stereocenters. The van der Waals surface area contributed by atoms with Gasteiger partial charge >= 0.3 is 17.9 Å². The molecular weight excluding hydrogens is 941 g/mol. The molecule has 0 saturated carbocycles. The molecule has 3 heterocycles. The Morgan fingerprint density at radius 3 is 1.14 bits per heavy atom. The number of aliphatic hydroxyl groups is 2. The zero-order chi connectivity index (χ0) is 53.3. The van der Waals surface area contributed by atoms with Gasteiger partial charge in [0.2, 0.25) is 0 Å². The van der Waals surface area contributed by atoms with Crippen LogP contribution in [0.4, 0.5) is 0 Å². The molecule has 16 heteroatoms. The van der Waals surface area contributed by atoms with Crippen molar-refractivity contribution in [2.75, 3.05) is 19.8 Å². The predicted octanol–water partition coefficient (Wildman–Crippen LogP) is 7.72. The van der Waals surface area contributed by atoms with Gasteiger partial charge in [-0.2, -0.15) is 0 Å². The van der Waals surface area contributed by atoms with Crippen LogP contribution in [0.2, 0.25) is 0 Å². The zero-order valence-corrected chi connectivity index (χ0v) is 44.7. The van der Waals surface area contributed by atoms with Crippen LogP contribution >= 0.6 is 0 Å². The van der Waals surface area contributed by atoms with Crippen molar-refractivity contribution in [3.8, 4) is 0 Å². The van der Waals surface area contributed by atoms with Gasteiger partial charge in [0.15, 0.2) is 37.2 Å². The fourth-order valence-electron chi connectivity index (χ4n) is 8.68. The van der Waals surface area contributed by atoms with Crippen molar-refractivity contribution >= 4 is 17.9 Å². The summed E-state index contributed by atoms with van der Waals surface area (Å²) < 4.78 is 71.0. The van der Waals surface area contributed by atoms with Crippen LogP contribution < -0.4 is 0 Å². The lowest BCUT2D eigenvalue weighted by Crippen LogP contribution is -2.64. The van der Waals surface area contributed by atoms with Gasteiger partial charge in [-0.1, -0.05) is 112 Å². The molecule has 0 aromatic heterocycles. The quantitative estimate of drug-likeness (QED) is 0.0875. The van der Waals surface area contributed by atoms with Crippen LogP contribution in [-0.2, 0) is 86.3 Å². The Kier molecular flexibility index (Phi) is 20.2. The second-order valence-corrected chi connectivity index (χ2v) is 22.8. The Hall–Kier alpha value is -4.33. The van der Waals surface area contributed by atoms with Crippen molar-refractivity contribution in [3.05, 3.63) is 108 Å². The number of rotatable bonds is 19. The van der Waals surface area contributed by atoms with Gasteiger partial charge in [0.05, 0.1) is 74.2 Å². The first-order chi connectivity index (χ1) is 34.4. The first-order valence-corrected chi connectivity index (χ1v) is 25.5. The summed E-state index contributed by atoms with van der Waals surface area (Å²) in [5, 5.41) is 23.2. The molecule has 0 radical (unpaired) electrons. The van der Waals surface area contributed by atoms with E-state index in [2.05, 4.69) is 0 Å². The van der Waals surface area contributed by atoms with E-state index in [4.69, 9.17) is 52.1 Å². The van der Waals surface area contributed by atoms with Gasteiger partial charge in [0.25, 0.3) is 0 Å². The lowest BCUT2D eigenvalue weighted by molar-refractivity contribution is -0.369. The highest BCUT2D eigenvalue weighted by Gasteiger charge is 2.55. The van der Waals surface area contributed by atoms with Gasteiger partial charge in [-0.15, -0.1) is 0 Å². The molecule has 16 nitrogen and oxygen atoms in total. The number of hydrogen-bond donors (Lipinski definition) is 2. The maximum Gasteiger partial charge on any atom is 0.311 e. The first kappa shape index (κ1) is 57.9. The fraction of sp³-hybridized carbons (Fsp3) is 0.632. The third-order valence-corrected chi connectivity index (χ3v) is 13.3. The standard InChI is InChI=1S/C57H80O16/c1-34-43(58)40(31-63-28-37-22-16-13-17-23-37)67-50(47(34)72-53(61)56(7,8)9)70-45-36(3)48(73-54(62)57(10,11)12)51(68-42(45)33-65-30-39-26-20-15-21-27-39)69-44-35(2)46(71-52(60)55(4,5)6)49(59)66-41(44)32-64-29-38-24-18-14-19-25-38/h13-27,34-36,40-51,58-59H,28-33H2,1-12H3. The molecule has 3 aliphatic heterocycles. The highest BCUT2D eigenvalue weighted by atomic mass is 16.8. The number of ether oxygens (including phenoxy) is 11. The van der Waals surface area contributed by atoms with Crippen LogP contribution in [0, 0.1) is 34.0 Å². The van der Waals surface area contributed by atoms with Gasteiger partial charge in [-0.05, 0) is 79.0 Å². The van der Waals surface area contributed by atoms with Crippen LogP contribution in [-0.4, -0.2) is 122 Å². The molecule has 0 spiro atoms. The Morgan fingerprint density at radius 1 is 0.438 bits per heavy atom. The summed E-state index contributed by atoms with van der Waals surface area (Å²) in [5.41, 5.74) is -0.0429. The summed E-state index contributed by atoms with van der Waals surface area (Å²) in [7, 11) is 0. The third-order valence-electron chi connectivity index (χ3n) is 13.3. The number of carbonyl (C=O) groups excluding carboxylic acids is 3. The molecule has 0 aliphatic carbocycles. The van der Waals surface area contributed by atoms with Gasteiger partial charge in [-0.25, -0.2) is 0 Å². The van der Waals surface area contributed by atoms with Crippen molar-refractivity contribution in [1.29, 1.82) is 0 Å². The van der Waals surface area contributed by atoms with Gasteiger partial charge in [0, 0.05) is 17.8 Å². The van der Waals surface area contributed by atoms with E-state index in [1.807, 2.05) is 97.9 Å². The van der Waals surface area contributed by atoms with E-state index in [-0.39, 0.29) is 39.6 Å². The molecule has 3 aromatic carbocycles. The van der Waals surface area contributed by atoms with E-state index in [9.17, 15) is 24.6 Å². The minimum Gasteiger partial charge on any atom is -0.456 e. The Morgan fingerprint density at radius 2 is 0.753 bits per heavy atom. The summed E-state index contributed by atoms with van der Waals surface area (Å²) >= 11 is 0. The maximum absolute atomic E-state index is 14.1. The van der Waals surface area contributed by atoms with Crippen molar-refractivity contribution in [1.82, 2.24) is 0 Å². The SMILES string of the molecule is CC1C(OC(=O)C(C)(C)C)C(O)OC(COCc2ccccc2)C1OC1OC(COCc2ccccc2)C(OC2OC(COCc3ccccc3)C(O)C(C)C2OC(=O)C(C)(C)C)C(C)C1OC(=O)C(C)(C)C. The average Bonchev–Trinajstić information content (AvgIpc) is 3.33. The molecule has 0 bridgehead atoms. The molecular formula is C57H80O16. The number of benzene rings is 3. The Bertz CT molecular complexity index is 2170. The predicted molar refractivity (Wildman–Crippen MR) is 268 cm³/mol. The summed E-state index contributed by atoms with van der Waals surface area (Å²) in [6.07, 6.45) is -13.5. The van der Waals surface area contributed by atoms with Crippen molar-refractivity contribution in [2.45, 2.75) is 177 Å². The second-order valence-electron chi connectivity index (χ2n) is 22.8. The highest BCUT2D eigenvalue weighted by molar-refractivity contribution is 5.76. The maximum atomic E-state index is 14.1. The Labute approximate surface area is 431 Å². The van der Waals surface area contributed by atoms with Crippen LogP contribution in [0.1, 0.15) is 99.8 Å². The minimum atomic E-state index is -1.53. The molecule has 2 N–H and O–H groups in total. The molecule has 3 aliphatic rings. The van der Waals surface area contributed by atoms with Crippen molar-refractivity contribution in [3.63, 3.8) is 0 Å². The summed E-state index contributed by atoms with van der Waals surface area (Å²) in [5.74, 6) is -3.80. The minimum absolute atomic E-state index is 0.0130. The molecule has 0 amide bonds. The first-order valence-electron chi connectivity index (χ1n) is 25.5. The zero-order valence-electron chi connectivity index (χ0n) is 44.7. The van der Waals surface area contributed by atoms with Gasteiger partial charge < -0.3 is 62.3 Å². The van der Waals surface area contributed by atoms with Crippen LogP contribution in [0.3, 0.4) is 0 Å². The normalized spacial score (nSPS) is 31.1. The van der Waals surface area contributed by atoms with E-state index in [1.165, 1.54) is 0 Å². The number of carbonyl (C=O) groups is 3. The smallest absolute Gasteiger partial charge is 0.311 e. The van der Waals surface area contributed by atoms with Gasteiger partial charge in [0.1, 0.15) is 18.3 Å². The molecule has 73 heavy (non-hydrogen) atoms. The summed E-state index contributed by atoms with van der Waals surface area (Å²) in [4.78, 5) is 41.1. The summed E-state index contributed by atoms with van der Waals surface area (Å²) in [6, 6.07) is 28.8. The molecule has 3 saturated heterocycles. The van der Waals surface area contributed by atoms with E-state index < -0.39 is 126 Å². The van der Waals surface area contributed by atoms with Gasteiger partial charge in [-0.3, -0.25) is 14.4 Å². The van der Waals surface area contributed by atoms with E-state index in [0.717, 1.165) is 16.7 Å².